The van der Waals surface area contributed by atoms with Crippen LogP contribution in [0.1, 0.15) is 36.5 Å². The molecule has 1 amide bonds. The molecular weight excluding hydrogens is 450 g/mol. The summed E-state index contributed by atoms with van der Waals surface area (Å²) in [7, 11) is -0.461. The molecule has 1 aliphatic rings. The standard InChI is InChI=1S/C22H25N3O5S2/c1-14-6-4-5-11-25(14)32(27,28)17-9-7-15(8-10-17)21(26)24-22-23-20-18(30-3)12-16(29-2)13-19(20)31-22/h7-10,12-14H,4-6,11H2,1-3H3,(H,23,24,26). The minimum atomic E-state index is -3.58. The molecule has 1 fully saturated rings. The lowest BCUT2D eigenvalue weighted by Crippen LogP contribution is -2.41. The molecule has 3 aromatic rings. The molecule has 1 aliphatic heterocycles. The zero-order chi connectivity index (χ0) is 22.9. The van der Waals surface area contributed by atoms with Gasteiger partial charge in [0, 0.05) is 24.2 Å². The van der Waals surface area contributed by atoms with Gasteiger partial charge < -0.3 is 9.47 Å². The molecule has 0 aliphatic carbocycles. The number of methoxy groups -OCH3 is 2. The maximum Gasteiger partial charge on any atom is 0.257 e. The number of nitrogens with one attached hydrogen (secondary N) is 1. The number of rotatable bonds is 6. The number of piperidine rings is 1. The Bertz CT molecular complexity index is 1240. The van der Waals surface area contributed by atoms with Crippen LogP contribution in [0.4, 0.5) is 5.13 Å². The van der Waals surface area contributed by atoms with E-state index in [4.69, 9.17) is 9.47 Å². The third kappa shape index (κ3) is 4.30. The number of fused-ring (bicyclic) bond motifs is 1. The van der Waals surface area contributed by atoms with Gasteiger partial charge in [-0.05, 0) is 50.1 Å². The van der Waals surface area contributed by atoms with E-state index in [9.17, 15) is 13.2 Å². The van der Waals surface area contributed by atoms with Gasteiger partial charge in [0.2, 0.25) is 10.0 Å². The predicted octanol–water partition coefficient (Wildman–Crippen LogP) is 4.13. The number of sulfonamides is 1. The molecule has 0 spiro atoms. The molecule has 8 nitrogen and oxygen atoms in total. The molecule has 0 bridgehead atoms. The predicted molar refractivity (Wildman–Crippen MR) is 124 cm³/mol. The van der Waals surface area contributed by atoms with Crippen LogP contribution in [0.15, 0.2) is 41.3 Å². The van der Waals surface area contributed by atoms with Crippen molar-refractivity contribution < 1.29 is 22.7 Å². The lowest BCUT2D eigenvalue weighted by Gasteiger charge is -2.32. The normalized spacial score (nSPS) is 17.3. The van der Waals surface area contributed by atoms with Gasteiger partial charge in [0.25, 0.3) is 5.91 Å². The fourth-order valence-corrected chi connectivity index (χ4v) is 6.42. The average molecular weight is 476 g/mol. The maximum absolute atomic E-state index is 13.0. The van der Waals surface area contributed by atoms with Crippen LogP contribution in [0.3, 0.4) is 0 Å². The van der Waals surface area contributed by atoms with Crippen molar-refractivity contribution in [2.75, 3.05) is 26.1 Å². The third-order valence-corrected chi connectivity index (χ3v) is 8.52. The Hall–Kier alpha value is -2.69. The van der Waals surface area contributed by atoms with Crippen LogP contribution in [-0.2, 0) is 10.0 Å². The van der Waals surface area contributed by atoms with Crippen LogP contribution in [0.25, 0.3) is 10.2 Å². The smallest absolute Gasteiger partial charge is 0.257 e. The van der Waals surface area contributed by atoms with Gasteiger partial charge in [-0.2, -0.15) is 4.31 Å². The third-order valence-electron chi connectivity index (χ3n) is 5.57. The number of amides is 1. The van der Waals surface area contributed by atoms with Crippen LogP contribution in [0.5, 0.6) is 11.5 Å². The van der Waals surface area contributed by atoms with Crippen molar-refractivity contribution in [2.45, 2.75) is 37.1 Å². The maximum atomic E-state index is 13.0. The number of benzene rings is 2. The summed E-state index contributed by atoms with van der Waals surface area (Å²) in [5.74, 6) is 0.818. The van der Waals surface area contributed by atoms with Gasteiger partial charge in [-0.3, -0.25) is 10.1 Å². The largest absolute Gasteiger partial charge is 0.497 e. The van der Waals surface area contributed by atoms with Gasteiger partial charge in [0.15, 0.2) is 5.13 Å². The molecule has 1 unspecified atom stereocenters. The second-order valence-corrected chi connectivity index (χ2v) is 10.6. The topological polar surface area (TPSA) is 97.8 Å². The summed E-state index contributed by atoms with van der Waals surface area (Å²) in [4.78, 5) is 17.4. The monoisotopic (exact) mass is 475 g/mol. The van der Waals surface area contributed by atoms with E-state index in [0.29, 0.717) is 34.3 Å². The summed E-state index contributed by atoms with van der Waals surface area (Å²) in [5.41, 5.74) is 0.977. The van der Waals surface area contributed by atoms with Crippen molar-refractivity contribution in [3.8, 4) is 11.5 Å². The number of anilines is 1. The van der Waals surface area contributed by atoms with Gasteiger partial charge in [0.05, 0.1) is 23.8 Å². The molecule has 1 N–H and O–H groups in total. The number of aromatic nitrogens is 1. The molecule has 10 heteroatoms. The summed E-state index contributed by atoms with van der Waals surface area (Å²) in [6, 6.07) is 9.55. The quantitative estimate of drug-likeness (QED) is 0.576. The van der Waals surface area contributed by atoms with Gasteiger partial charge in [-0.15, -0.1) is 0 Å². The molecule has 0 saturated carbocycles. The molecule has 32 heavy (non-hydrogen) atoms. The van der Waals surface area contributed by atoms with Crippen molar-refractivity contribution in [1.29, 1.82) is 0 Å². The minimum absolute atomic E-state index is 0.0219. The van der Waals surface area contributed by atoms with E-state index in [1.165, 1.54) is 35.6 Å². The van der Waals surface area contributed by atoms with Crippen LogP contribution >= 0.6 is 11.3 Å². The lowest BCUT2D eigenvalue weighted by atomic mass is 10.1. The highest BCUT2D eigenvalue weighted by Crippen LogP contribution is 2.36. The molecular formula is C22H25N3O5S2. The summed E-state index contributed by atoms with van der Waals surface area (Å²) >= 11 is 1.30. The Kier molecular flexibility index (Phi) is 6.36. The number of hydrogen-bond acceptors (Lipinski definition) is 7. The van der Waals surface area contributed by atoms with Gasteiger partial charge in [-0.1, -0.05) is 17.8 Å². The van der Waals surface area contributed by atoms with Crippen molar-refractivity contribution in [3.05, 3.63) is 42.0 Å². The fourth-order valence-electron chi connectivity index (χ4n) is 3.81. The summed E-state index contributed by atoms with van der Waals surface area (Å²) < 4.78 is 39.0. The highest BCUT2D eigenvalue weighted by molar-refractivity contribution is 7.89. The summed E-state index contributed by atoms with van der Waals surface area (Å²) in [6.45, 7) is 2.46. The molecule has 1 atom stereocenters. The fraction of sp³-hybridized carbons (Fsp3) is 0.364. The molecule has 2 heterocycles. The van der Waals surface area contributed by atoms with Gasteiger partial charge in [0.1, 0.15) is 17.0 Å². The lowest BCUT2D eigenvalue weighted by molar-refractivity contribution is 0.102. The number of carbonyl (C=O) groups is 1. The highest BCUT2D eigenvalue weighted by atomic mass is 32.2. The summed E-state index contributed by atoms with van der Waals surface area (Å²) in [5, 5.41) is 3.19. The molecule has 170 valence electrons. The minimum Gasteiger partial charge on any atom is -0.497 e. The zero-order valence-electron chi connectivity index (χ0n) is 18.1. The number of ether oxygens (including phenoxy) is 2. The van der Waals surface area contributed by atoms with E-state index in [2.05, 4.69) is 10.3 Å². The van der Waals surface area contributed by atoms with Gasteiger partial charge >= 0.3 is 0 Å². The van der Waals surface area contributed by atoms with Gasteiger partial charge in [-0.25, -0.2) is 13.4 Å². The Morgan fingerprint density at radius 1 is 1.16 bits per heavy atom. The Morgan fingerprint density at radius 2 is 1.91 bits per heavy atom. The van der Waals surface area contributed by atoms with Crippen LogP contribution in [0.2, 0.25) is 0 Å². The van der Waals surface area contributed by atoms with E-state index in [0.717, 1.165) is 24.0 Å². The van der Waals surface area contributed by atoms with E-state index >= 15 is 0 Å². The van der Waals surface area contributed by atoms with Crippen molar-refractivity contribution in [1.82, 2.24) is 9.29 Å². The second-order valence-electron chi connectivity index (χ2n) is 7.63. The van der Waals surface area contributed by atoms with Crippen molar-refractivity contribution >= 4 is 42.6 Å². The van der Waals surface area contributed by atoms with Crippen LogP contribution < -0.4 is 14.8 Å². The number of thiazole rings is 1. The first-order chi connectivity index (χ1) is 15.3. The number of hydrogen-bond donors (Lipinski definition) is 1. The molecule has 1 saturated heterocycles. The number of nitrogens with zero attached hydrogens (tertiary/aromatic N) is 2. The van der Waals surface area contributed by atoms with E-state index in [1.54, 1.807) is 24.6 Å². The molecule has 0 radical (unpaired) electrons. The highest BCUT2D eigenvalue weighted by Gasteiger charge is 2.31. The van der Waals surface area contributed by atoms with E-state index in [1.807, 2.05) is 13.0 Å². The Morgan fingerprint density at radius 3 is 2.56 bits per heavy atom. The van der Waals surface area contributed by atoms with E-state index in [-0.39, 0.29) is 16.8 Å². The number of carbonyl (C=O) groups excluding carboxylic acids is 1. The zero-order valence-corrected chi connectivity index (χ0v) is 19.8. The summed E-state index contributed by atoms with van der Waals surface area (Å²) in [6.07, 6.45) is 2.76. The SMILES string of the molecule is COc1cc(OC)c2nc(NC(=O)c3ccc(S(=O)(=O)N4CCCCC4C)cc3)sc2c1. The average Bonchev–Trinajstić information content (AvgIpc) is 3.20. The van der Waals surface area contributed by atoms with Crippen LogP contribution in [0, 0.1) is 0 Å². The molecule has 4 rings (SSSR count). The first-order valence-electron chi connectivity index (χ1n) is 10.3. The first-order valence-corrected chi connectivity index (χ1v) is 12.5. The van der Waals surface area contributed by atoms with Crippen molar-refractivity contribution in [2.24, 2.45) is 0 Å². The Labute approximate surface area is 191 Å². The first kappa shape index (κ1) is 22.5. The van der Waals surface area contributed by atoms with E-state index < -0.39 is 10.0 Å². The Balaban J connectivity index is 1.53. The molecule has 2 aromatic carbocycles. The van der Waals surface area contributed by atoms with Crippen molar-refractivity contribution in [3.63, 3.8) is 0 Å². The van der Waals surface area contributed by atoms with Crippen LogP contribution in [-0.4, -0.2) is 50.4 Å². The molecule has 1 aromatic heterocycles. The second kappa shape index (κ2) is 9.05.